The van der Waals surface area contributed by atoms with Crippen LogP contribution >= 0.6 is 0 Å². The second-order valence-corrected chi connectivity index (χ2v) is 14.2. The second kappa shape index (κ2) is 12.6. The monoisotopic (exact) mass is 699 g/mol. The molecule has 2 aromatic heterocycles. The summed E-state index contributed by atoms with van der Waals surface area (Å²) in [6, 6.07) is 71.5. The van der Waals surface area contributed by atoms with E-state index in [0.29, 0.717) is 0 Å². The molecule has 256 valence electrons. The van der Waals surface area contributed by atoms with Crippen molar-refractivity contribution < 1.29 is 0 Å². The fraction of sp³-hybridized carbons (Fsp3) is 0. The predicted octanol–water partition coefficient (Wildman–Crippen LogP) is 13.7. The Bertz CT molecular complexity index is 3240. The first-order valence-electron chi connectivity index (χ1n) is 18.7. The van der Waals surface area contributed by atoms with Gasteiger partial charge in [-0.1, -0.05) is 164 Å². The zero-order valence-electron chi connectivity index (χ0n) is 29.9. The molecule has 11 rings (SSSR count). The molecule has 9 aromatic carbocycles. The van der Waals surface area contributed by atoms with Gasteiger partial charge in [0.2, 0.25) is 0 Å². The van der Waals surface area contributed by atoms with E-state index in [2.05, 4.69) is 199 Å². The summed E-state index contributed by atoms with van der Waals surface area (Å²) in [5, 5.41) is 8.34. The van der Waals surface area contributed by atoms with Crippen molar-refractivity contribution in [2.45, 2.75) is 0 Å². The van der Waals surface area contributed by atoms with E-state index in [-0.39, 0.29) is 0 Å². The van der Waals surface area contributed by atoms with E-state index in [1.807, 2.05) is 6.07 Å². The SMILES string of the molecule is c1ccc(-c2nc3cc(-c4cc(-c5cccc6ccccc56)c5cc(-c6cccc7ccccc67)c6ccccc6c5n4)ccc3n2-c2ccccc2)cc1. The highest BCUT2D eigenvalue weighted by atomic mass is 15.1. The summed E-state index contributed by atoms with van der Waals surface area (Å²) in [6.45, 7) is 0. The molecule has 0 amide bonds. The van der Waals surface area contributed by atoms with Crippen molar-refractivity contribution in [1.29, 1.82) is 0 Å². The molecule has 55 heavy (non-hydrogen) atoms. The van der Waals surface area contributed by atoms with Crippen molar-refractivity contribution in [3.63, 3.8) is 0 Å². The van der Waals surface area contributed by atoms with Gasteiger partial charge in [-0.3, -0.25) is 4.57 Å². The van der Waals surface area contributed by atoms with E-state index in [9.17, 15) is 0 Å². The van der Waals surface area contributed by atoms with Crippen molar-refractivity contribution in [3.05, 3.63) is 200 Å². The van der Waals surface area contributed by atoms with Gasteiger partial charge in [0.1, 0.15) is 5.82 Å². The summed E-state index contributed by atoms with van der Waals surface area (Å²) in [7, 11) is 0. The molecule has 0 saturated heterocycles. The van der Waals surface area contributed by atoms with E-state index < -0.39 is 0 Å². The average molecular weight is 700 g/mol. The lowest BCUT2D eigenvalue weighted by molar-refractivity contribution is 1.10. The third-order valence-electron chi connectivity index (χ3n) is 11.0. The van der Waals surface area contributed by atoms with Gasteiger partial charge < -0.3 is 0 Å². The van der Waals surface area contributed by atoms with Crippen molar-refractivity contribution in [3.8, 4) is 50.6 Å². The number of rotatable bonds is 5. The van der Waals surface area contributed by atoms with Crippen LogP contribution in [-0.4, -0.2) is 14.5 Å². The Morgan fingerprint density at radius 1 is 0.345 bits per heavy atom. The van der Waals surface area contributed by atoms with Crippen molar-refractivity contribution in [1.82, 2.24) is 14.5 Å². The van der Waals surface area contributed by atoms with Crippen LogP contribution in [0.1, 0.15) is 0 Å². The maximum atomic E-state index is 5.55. The van der Waals surface area contributed by atoms with E-state index in [0.717, 1.165) is 61.2 Å². The molecule has 0 aliphatic rings. The quantitative estimate of drug-likeness (QED) is 0.167. The normalized spacial score (nSPS) is 11.6. The lowest BCUT2D eigenvalue weighted by atomic mass is 9.88. The third-order valence-corrected chi connectivity index (χ3v) is 11.0. The minimum atomic E-state index is 0.911. The number of benzene rings is 9. The zero-order valence-corrected chi connectivity index (χ0v) is 29.9. The largest absolute Gasteiger partial charge is 0.292 e. The Kier molecular flexibility index (Phi) is 7.17. The summed E-state index contributed by atoms with van der Waals surface area (Å²) in [6.07, 6.45) is 0. The number of pyridine rings is 1. The molecule has 0 N–H and O–H groups in total. The molecule has 0 atom stereocenters. The van der Waals surface area contributed by atoms with Crippen molar-refractivity contribution in [2.75, 3.05) is 0 Å². The van der Waals surface area contributed by atoms with Gasteiger partial charge in [-0.15, -0.1) is 0 Å². The highest BCUT2D eigenvalue weighted by Gasteiger charge is 2.20. The molecule has 0 aliphatic heterocycles. The summed E-state index contributed by atoms with van der Waals surface area (Å²) < 4.78 is 2.26. The molecule has 11 aromatic rings. The van der Waals surface area contributed by atoms with Gasteiger partial charge in [-0.2, -0.15) is 0 Å². The summed E-state index contributed by atoms with van der Waals surface area (Å²) >= 11 is 0. The summed E-state index contributed by atoms with van der Waals surface area (Å²) in [5.41, 5.74) is 11.8. The molecule has 0 saturated carbocycles. The van der Waals surface area contributed by atoms with Gasteiger partial charge in [0, 0.05) is 27.6 Å². The minimum Gasteiger partial charge on any atom is -0.292 e. The van der Waals surface area contributed by atoms with Gasteiger partial charge in [0.25, 0.3) is 0 Å². The zero-order chi connectivity index (χ0) is 36.3. The molecular formula is C52H33N3. The summed E-state index contributed by atoms with van der Waals surface area (Å²) in [4.78, 5) is 10.8. The van der Waals surface area contributed by atoms with Crippen LogP contribution in [-0.2, 0) is 0 Å². The van der Waals surface area contributed by atoms with Crippen LogP contribution in [0.3, 0.4) is 0 Å². The molecule has 0 aliphatic carbocycles. The van der Waals surface area contributed by atoms with Gasteiger partial charge in [-0.25, -0.2) is 9.97 Å². The van der Waals surface area contributed by atoms with Crippen molar-refractivity contribution in [2.24, 2.45) is 0 Å². The average Bonchev–Trinajstić information content (AvgIpc) is 3.65. The van der Waals surface area contributed by atoms with Crippen LogP contribution in [0.25, 0.3) is 105 Å². The highest BCUT2D eigenvalue weighted by molar-refractivity contribution is 6.19. The topological polar surface area (TPSA) is 30.7 Å². The number of imidazole rings is 1. The first-order chi connectivity index (χ1) is 27.3. The molecule has 2 heterocycles. The molecule has 0 fully saturated rings. The predicted molar refractivity (Wildman–Crippen MR) is 231 cm³/mol. The number of hydrogen-bond acceptors (Lipinski definition) is 2. The number of fused-ring (bicyclic) bond motifs is 6. The molecule has 3 heteroatoms. The molecule has 3 nitrogen and oxygen atoms in total. The number of nitrogens with zero attached hydrogens (tertiary/aromatic N) is 3. The molecular weight excluding hydrogens is 667 g/mol. The maximum Gasteiger partial charge on any atom is 0.145 e. The molecule has 0 unspecified atom stereocenters. The molecule has 0 bridgehead atoms. The summed E-state index contributed by atoms with van der Waals surface area (Å²) in [5.74, 6) is 0.911. The van der Waals surface area contributed by atoms with Gasteiger partial charge in [-0.05, 0) is 85.6 Å². The Balaban J connectivity index is 1.21. The minimum absolute atomic E-state index is 0.911. The standard InChI is InChI=1S/C52H33N3/c1-3-17-36(18-4-1)52-54-49-31-37(29-30-50(49)55(52)38-21-5-2-6-22-38)48-33-46(42-28-14-20-35-16-8-10-24-40(35)42)47-32-45(43-25-11-12-26-44(43)51(47)53-48)41-27-13-19-34-15-7-9-23-39(34)41/h1-33H. The van der Waals surface area contributed by atoms with Gasteiger partial charge in [0.05, 0.1) is 22.2 Å². The van der Waals surface area contributed by atoms with Crippen LogP contribution in [0.4, 0.5) is 0 Å². The smallest absolute Gasteiger partial charge is 0.145 e. The van der Waals surface area contributed by atoms with Crippen LogP contribution in [0.5, 0.6) is 0 Å². The van der Waals surface area contributed by atoms with Crippen LogP contribution < -0.4 is 0 Å². The first kappa shape index (κ1) is 31.2. The van der Waals surface area contributed by atoms with E-state index >= 15 is 0 Å². The Morgan fingerprint density at radius 2 is 0.909 bits per heavy atom. The number of hydrogen-bond donors (Lipinski definition) is 0. The van der Waals surface area contributed by atoms with Crippen molar-refractivity contribution >= 4 is 54.3 Å². The van der Waals surface area contributed by atoms with E-state index in [1.54, 1.807) is 0 Å². The Morgan fingerprint density at radius 3 is 1.60 bits per heavy atom. The number of para-hydroxylation sites is 1. The van der Waals surface area contributed by atoms with E-state index in [4.69, 9.17) is 9.97 Å². The second-order valence-electron chi connectivity index (χ2n) is 14.2. The first-order valence-corrected chi connectivity index (χ1v) is 18.7. The van der Waals surface area contributed by atoms with Crippen LogP contribution in [0.2, 0.25) is 0 Å². The Labute approximate surface area is 318 Å². The Hall–Kier alpha value is -7.36. The number of aromatic nitrogens is 3. The molecule has 0 spiro atoms. The van der Waals surface area contributed by atoms with Gasteiger partial charge >= 0.3 is 0 Å². The van der Waals surface area contributed by atoms with Crippen LogP contribution in [0, 0.1) is 0 Å². The van der Waals surface area contributed by atoms with Crippen LogP contribution in [0.15, 0.2) is 200 Å². The highest BCUT2D eigenvalue weighted by Crippen LogP contribution is 2.43. The lowest BCUT2D eigenvalue weighted by Gasteiger charge is -2.17. The third kappa shape index (κ3) is 5.13. The molecule has 0 radical (unpaired) electrons. The van der Waals surface area contributed by atoms with Gasteiger partial charge in [0.15, 0.2) is 0 Å². The van der Waals surface area contributed by atoms with E-state index in [1.165, 1.54) is 43.6 Å². The fourth-order valence-corrected chi connectivity index (χ4v) is 8.43. The fourth-order valence-electron chi connectivity index (χ4n) is 8.43. The maximum absolute atomic E-state index is 5.55. The lowest BCUT2D eigenvalue weighted by Crippen LogP contribution is -1.97.